The van der Waals surface area contributed by atoms with Crippen molar-refractivity contribution in [2.24, 2.45) is 10.9 Å². The number of methoxy groups -OCH3 is 1. The van der Waals surface area contributed by atoms with Crippen LogP contribution in [0.15, 0.2) is 41.5 Å². The molecule has 1 saturated carbocycles. The third-order valence-electron chi connectivity index (χ3n) is 4.94. The van der Waals surface area contributed by atoms with Gasteiger partial charge in [-0.05, 0) is 49.8 Å². The second-order valence-electron chi connectivity index (χ2n) is 7.76. The van der Waals surface area contributed by atoms with E-state index < -0.39 is 0 Å². The molecule has 0 spiro atoms. The van der Waals surface area contributed by atoms with Gasteiger partial charge in [0.2, 0.25) is 5.88 Å². The fourth-order valence-corrected chi connectivity index (χ4v) is 2.94. The van der Waals surface area contributed by atoms with E-state index in [0.717, 1.165) is 41.9 Å². The molecule has 8 heteroatoms. The van der Waals surface area contributed by atoms with Gasteiger partial charge in [-0.25, -0.2) is 9.98 Å². The van der Waals surface area contributed by atoms with E-state index in [2.05, 4.69) is 52.7 Å². The third-order valence-corrected chi connectivity index (χ3v) is 4.94. The summed E-state index contributed by atoms with van der Waals surface area (Å²) in [6.45, 7) is 7.95. The molecule has 2 aromatic rings. The van der Waals surface area contributed by atoms with Crippen LogP contribution < -0.4 is 20.1 Å². The maximum atomic E-state index is 6.08. The minimum atomic E-state index is 0. The fourth-order valence-electron chi connectivity index (χ4n) is 2.94. The van der Waals surface area contributed by atoms with Crippen LogP contribution in [0.2, 0.25) is 0 Å². The highest BCUT2D eigenvalue weighted by Crippen LogP contribution is 2.30. The van der Waals surface area contributed by atoms with E-state index in [1.54, 1.807) is 13.3 Å². The number of aryl methyl sites for hydroxylation is 1. The van der Waals surface area contributed by atoms with Crippen molar-refractivity contribution in [3.8, 4) is 11.6 Å². The summed E-state index contributed by atoms with van der Waals surface area (Å²) in [6, 6.07) is 10.2. The van der Waals surface area contributed by atoms with E-state index in [4.69, 9.17) is 14.2 Å². The van der Waals surface area contributed by atoms with Crippen molar-refractivity contribution in [3.05, 3.63) is 53.2 Å². The average Bonchev–Trinajstić information content (AvgIpc) is 3.61. The summed E-state index contributed by atoms with van der Waals surface area (Å²) in [5, 5.41) is 6.71. The number of aromatic nitrogens is 1. The lowest BCUT2D eigenvalue weighted by molar-refractivity contribution is 0.143. The van der Waals surface area contributed by atoms with Crippen LogP contribution in [0.5, 0.6) is 11.6 Å². The van der Waals surface area contributed by atoms with Gasteiger partial charge < -0.3 is 24.8 Å². The van der Waals surface area contributed by atoms with Crippen molar-refractivity contribution in [2.75, 3.05) is 33.5 Å². The molecule has 7 nitrogen and oxygen atoms in total. The van der Waals surface area contributed by atoms with E-state index in [-0.39, 0.29) is 24.0 Å². The summed E-state index contributed by atoms with van der Waals surface area (Å²) in [5.41, 5.74) is 3.36. The molecule has 2 N–H and O–H groups in total. The van der Waals surface area contributed by atoms with Gasteiger partial charge in [0.05, 0.1) is 19.8 Å². The van der Waals surface area contributed by atoms with Crippen LogP contribution >= 0.6 is 24.0 Å². The molecule has 1 aliphatic rings. The number of ether oxygens (including phenoxy) is 3. The van der Waals surface area contributed by atoms with Gasteiger partial charge in [-0.15, -0.1) is 24.0 Å². The zero-order valence-corrected chi connectivity index (χ0v) is 21.6. The molecular formula is C24H35IN4O3. The molecule has 1 aromatic heterocycles. The van der Waals surface area contributed by atoms with Gasteiger partial charge in [0.25, 0.3) is 0 Å². The second-order valence-corrected chi connectivity index (χ2v) is 7.76. The first-order chi connectivity index (χ1) is 15.2. The van der Waals surface area contributed by atoms with Crippen LogP contribution in [-0.4, -0.2) is 44.4 Å². The van der Waals surface area contributed by atoms with Crippen molar-refractivity contribution < 1.29 is 14.2 Å². The third kappa shape index (κ3) is 9.20. The smallest absolute Gasteiger partial charge is 0.213 e. The number of aliphatic imine (C=N–C) groups is 1. The monoisotopic (exact) mass is 554 g/mol. The van der Waals surface area contributed by atoms with Gasteiger partial charge in [0.1, 0.15) is 12.4 Å². The molecule has 0 aliphatic heterocycles. The number of pyridine rings is 1. The Labute approximate surface area is 208 Å². The maximum Gasteiger partial charge on any atom is 0.213 e. The van der Waals surface area contributed by atoms with Gasteiger partial charge in [-0.2, -0.15) is 0 Å². The topological polar surface area (TPSA) is 77.0 Å². The molecule has 0 radical (unpaired) electrons. The zero-order valence-electron chi connectivity index (χ0n) is 19.2. The van der Waals surface area contributed by atoms with E-state index in [1.165, 1.54) is 18.4 Å². The van der Waals surface area contributed by atoms with E-state index in [9.17, 15) is 0 Å². The van der Waals surface area contributed by atoms with Crippen molar-refractivity contribution in [1.82, 2.24) is 15.6 Å². The summed E-state index contributed by atoms with van der Waals surface area (Å²) < 4.78 is 16.6. The molecule has 0 atom stereocenters. The Bertz CT molecular complexity index is 842. The number of hydrogen-bond acceptors (Lipinski definition) is 5. The van der Waals surface area contributed by atoms with Crippen LogP contribution in [0, 0.1) is 12.8 Å². The molecule has 32 heavy (non-hydrogen) atoms. The first-order valence-corrected chi connectivity index (χ1v) is 11.0. The first-order valence-electron chi connectivity index (χ1n) is 11.0. The zero-order chi connectivity index (χ0) is 21.9. The number of guanidine groups is 1. The quantitative estimate of drug-likeness (QED) is 0.178. The molecule has 1 fully saturated rings. The number of halogens is 1. The largest absolute Gasteiger partial charge is 0.493 e. The summed E-state index contributed by atoms with van der Waals surface area (Å²) in [4.78, 5) is 9.01. The van der Waals surface area contributed by atoms with Crippen LogP contribution in [0.3, 0.4) is 0 Å². The van der Waals surface area contributed by atoms with Crippen LogP contribution in [0.25, 0.3) is 0 Å². The Hall–Kier alpha value is -2.07. The van der Waals surface area contributed by atoms with Gasteiger partial charge in [-0.3, -0.25) is 0 Å². The van der Waals surface area contributed by atoms with Crippen LogP contribution in [0.1, 0.15) is 36.5 Å². The highest BCUT2D eigenvalue weighted by Gasteiger charge is 2.22. The molecular weight excluding hydrogens is 519 g/mol. The lowest BCUT2D eigenvalue weighted by Gasteiger charge is -2.15. The van der Waals surface area contributed by atoms with Crippen molar-refractivity contribution in [3.63, 3.8) is 0 Å². The summed E-state index contributed by atoms with van der Waals surface area (Å²) in [7, 11) is 1.65. The molecule has 1 aromatic carbocycles. The van der Waals surface area contributed by atoms with E-state index in [0.29, 0.717) is 32.2 Å². The summed E-state index contributed by atoms with van der Waals surface area (Å²) in [5.74, 6) is 3.04. The lowest BCUT2D eigenvalue weighted by atomic mass is 10.1. The molecule has 1 heterocycles. The molecule has 3 rings (SSSR count). The standard InChI is InChI=1S/C24H34N4O3.HI/c1-4-25-24(27-15-20-8-10-23(26-14-20)30-12-11-29-3)28-16-21-9-5-18(2)13-22(21)31-17-19-6-7-19;/h5,8-10,13-14,19H,4,6-7,11-12,15-17H2,1-3H3,(H2,25,27,28);1H. The van der Waals surface area contributed by atoms with Crippen LogP contribution in [0.4, 0.5) is 0 Å². The molecule has 0 bridgehead atoms. The lowest BCUT2D eigenvalue weighted by Crippen LogP contribution is -2.36. The summed E-state index contributed by atoms with van der Waals surface area (Å²) in [6.07, 6.45) is 4.36. The molecule has 176 valence electrons. The maximum absolute atomic E-state index is 6.08. The van der Waals surface area contributed by atoms with Crippen molar-refractivity contribution in [1.29, 1.82) is 0 Å². The number of benzene rings is 1. The predicted molar refractivity (Wildman–Crippen MR) is 138 cm³/mol. The summed E-state index contributed by atoms with van der Waals surface area (Å²) >= 11 is 0. The molecule has 0 unspecified atom stereocenters. The predicted octanol–water partition coefficient (Wildman–Crippen LogP) is 4.08. The Morgan fingerprint density at radius 2 is 1.97 bits per heavy atom. The SMILES string of the molecule is CCNC(=NCc1ccc(OCCOC)nc1)NCc1ccc(C)cc1OCC1CC1.I. The van der Waals surface area contributed by atoms with E-state index in [1.807, 2.05) is 12.1 Å². The molecule has 1 aliphatic carbocycles. The molecule has 0 amide bonds. The van der Waals surface area contributed by atoms with Gasteiger partial charge in [0.15, 0.2) is 5.96 Å². The fraction of sp³-hybridized carbons (Fsp3) is 0.500. The molecule has 0 saturated heterocycles. The van der Waals surface area contributed by atoms with Gasteiger partial charge >= 0.3 is 0 Å². The van der Waals surface area contributed by atoms with Gasteiger partial charge in [0, 0.05) is 38.0 Å². The Kier molecular flexibility index (Phi) is 11.6. The highest BCUT2D eigenvalue weighted by molar-refractivity contribution is 14.0. The number of nitrogens with one attached hydrogen (secondary N) is 2. The number of nitrogens with zero attached hydrogens (tertiary/aromatic N) is 2. The Balaban J connectivity index is 0.00000363. The number of rotatable bonds is 12. The minimum absolute atomic E-state index is 0. The van der Waals surface area contributed by atoms with Crippen molar-refractivity contribution in [2.45, 2.75) is 39.8 Å². The van der Waals surface area contributed by atoms with Crippen molar-refractivity contribution >= 4 is 29.9 Å². The second kappa shape index (κ2) is 14.2. The minimum Gasteiger partial charge on any atom is -0.493 e. The Morgan fingerprint density at radius 1 is 1.12 bits per heavy atom. The average molecular weight is 554 g/mol. The first kappa shape index (κ1) is 26.2. The van der Waals surface area contributed by atoms with E-state index >= 15 is 0 Å². The normalized spacial score (nSPS) is 13.3. The number of hydrogen-bond donors (Lipinski definition) is 2. The van der Waals surface area contributed by atoms with Gasteiger partial charge in [-0.1, -0.05) is 18.2 Å². The highest BCUT2D eigenvalue weighted by atomic mass is 127. The van der Waals surface area contributed by atoms with Crippen LogP contribution in [-0.2, 0) is 17.8 Å². The Morgan fingerprint density at radius 3 is 2.66 bits per heavy atom.